The SMILES string of the molecule is CC(C)NC(N)=NCCCN1CCCN(C)CC1. The molecule has 0 bridgehead atoms. The molecular weight excluding hydrogens is 226 g/mol. The fourth-order valence-electron chi connectivity index (χ4n) is 2.16. The lowest BCUT2D eigenvalue weighted by Crippen LogP contribution is -2.37. The third-order valence-corrected chi connectivity index (χ3v) is 3.16. The summed E-state index contributed by atoms with van der Waals surface area (Å²) in [7, 11) is 2.20. The van der Waals surface area contributed by atoms with Gasteiger partial charge in [0, 0.05) is 25.7 Å². The van der Waals surface area contributed by atoms with Crippen LogP contribution in [0.25, 0.3) is 0 Å². The molecule has 0 amide bonds. The summed E-state index contributed by atoms with van der Waals surface area (Å²) in [6.07, 6.45) is 2.36. The number of rotatable bonds is 5. The van der Waals surface area contributed by atoms with Gasteiger partial charge < -0.3 is 20.9 Å². The first-order chi connectivity index (χ1) is 8.58. The number of guanidine groups is 1. The summed E-state index contributed by atoms with van der Waals surface area (Å²) in [4.78, 5) is 9.27. The van der Waals surface area contributed by atoms with Crippen LogP contribution in [0.15, 0.2) is 4.99 Å². The maximum absolute atomic E-state index is 5.76. The summed E-state index contributed by atoms with van der Waals surface area (Å²) in [5, 5.41) is 3.10. The molecule has 0 unspecified atom stereocenters. The van der Waals surface area contributed by atoms with E-state index in [0.717, 1.165) is 19.5 Å². The van der Waals surface area contributed by atoms with Crippen LogP contribution in [0.4, 0.5) is 0 Å². The Kier molecular flexibility index (Phi) is 7.05. The first kappa shape index (κ1) is 15.2. The normalized spacial score (nSPS) is 20.1. The second-order valence-electron chi connectivity index (χ2n) is 5.42. The van der Waals surface area contributed by atoms with Crippen LogP contribution in [0.5, 0.6) is 0 Å². The Morgan fingerprint density at radius 3 is 2.78 bits per heavy atom. The summed E-state index contributed by atoms with van der Waals surface area (Å²) in [6, 6.07) is 0.356. The first-order valence-corrected chi connectivity index (χ1v) is 7.05. The number of hydrogen-bond donors (Lipinski definition) is 2. The molecule has 0 aromatic rings. The van der Waals surface area contributed by atoms with E-state index in [1.54, 1.807) is 0 Å². The molecule has 1 aliphatic heterocycles. The average molecular weight is 255 g/mol. The Labute approximate surface area is 111 Å². The minimum atomic E-state index is 0.356. The number of aliphatic imine (C=N–C) groups is 1. The smallest absolute Gasteiger partial charge is 0.188 e. The van der Waals surface area contributed by atoms with Crippen LogP contribution in [0.1, 0.15) is 26.7 Å². The predicted molar refractivity (Wildman–Crippen MR) is 77.9 cm³/mol. The Morgan fingerprint density at radius 2 is 2.06 bits per heavy atom. The van der Waals surface area contributed by atoms with Crippen molar-refractivity contribution >= 4 is 5.96 Å². The Hall–Kier alpha value is -0.810. The van der Waals surface area contributed by atoms with Crippen molar-refractivity contribution in [1.82, 2.24) is 15.1 Å². The molecule has 5 heteroatoms. The van der Waals surface area contributed by atoms with E-state index in [-0.39, 0.29) is 0 Å². The van der Waals surface area contributed by atoms with E-state index in [0.29, 0.717) is 12.0 Å². The fraction of sp³-hybridized carbons (Fsp3) is 0.923. The molecule has 1 heterocycles. The largest absolute Gasteiger partial charge is 0.370 e. The molecule has 0 saturated carbocycles. The zero-order valence-corrected chi connectivity index (χ0v) is 12.2. The lowest BCUT2D eigenvalue weighted by atomic mass is 10.3. The van der Waals surface area contributed by atoms with Gasteiger partial charge in [-0.2, -0.15) is 0 Å². The summed E-state index contributed by atoms with van der Waals surface area (Å²) < 4.78 is 0. The van der Waals surface area contributed by atoms with E-state index in [2.05, 4.69) is 41.0 Å². The lowest BCUT2D eigenvalue weighted by molar-refractivity contribution is 0.275. The van der Waals surface area contributed by atoms with Gasteiger partial charge >= 0.3 is 0 Å². The Morgan fingerprint density at radius 1 is 1.28 bits per heavy atom. The molecule has 1 fully saturated rings. The van der Waals surface area contributed by atoms with E-state index in [4.69, 9.17) is 5.73 Å². The van der Waals surface area contributed by atoms with Crippen LogP contribution in [0.2, 0.25) is 0 Å². The van der Waals surface area contributed by atoms with Gasteiger partial charge in [-0.15, -0.1) is 0 Å². The second kappa shape index (κ2) is 8.32. The van der Waals surface area contributed by atoms with E-state index < -0.39 is 0 Å². The highest BCUT2D eigenvalue weighted by Crippen LogP contribution is 2.01. The lowest BCUT2D eigenvalue weighted by Gasteiger charge is -2.19. The van der Waals surface area contributed by atoms with Gasteiger partial charge in [-0.25, -0.2) is 0 Å². The van der Waals surface area contributed by atoms with Crippen molar-refractivity contribution in [3.8, 4) is 0 Å². The molecule has 1 aliphatic rings. The number of nitrogens with two attached hydrogens (primary N) is 1. The highest BCUT2D eigenvalue weighted by molar-refractivity contribution is 5.77. The van der Waals surface area contributed by atoms with Crippen molar-refractivity contribution in [3.05, 3.63) is 0 Å². The molecule has 1 rings (SSSR count). The molecular formula is C13H29N5. The van der Waals surface area contributed by atoms with Crippen molar-refractivity contribution in [2.75, 3.05) is 46.3 Å². The van der Waals surface area contributed by atoms with E-state index in [1.165, 1.54) is 32.6 Å². The predicted octanol–water partition coefficient (Wildman–Crippen LogP) is 0.327. The third-order valence-electron chi connectivity index (χ3n) is 3.16. The van der Waals surface area contributed by atoms with Crippen LogP contribution in [0, 0.1) is 0 Å². The van der Waals surface area contributed by atoms with E-state index in [9.17, 15) is 0 Å². The van der Waals surface area contributed by atoms with Gasteiger partial charge in [0.25, 0.3) is 0 Å². The monoisotopic (exact) mass is 255 g/mol. The Balaban J connectivity index is 2.13. The van der Waals surface area contributed by atoms with E-state index >= 15 is 0 Å². The van der Waals surface area contributed by atoms with Crippen LogP contribution in [0.3, 0.4) is 0 Å². The van der Waals surface area contributed by atoms with Crippen LogP contribution >= 0.6 is 0 Å². The van der Waals surface area contributed by atoms with Crippen LogP contribution in [-0.4, -0.2) is 68.1 Å². The molecule has 3 N–H and O–H groups in total. The number of nitrogens with one attached hydrogen (secondary N) is 1. The maximum Gasteiger partial charge on any atom is 0.188 e. The molecule has 0 radical (unpaired) electrons. The topological polar surface area (TPSA) is 56.9 Å². The summed E-state index contributed by atoms with van der Waals surface area (Å²) in [5.74, 6) is 0.570. The van der Waals surface area contributed by atoms with Crippen molar-refractivity contribution in [2.45, 2.75) is 32.7 Å². The van der Waals surface area contributed by atoms with Crippen LogP contribution in [-0.2, 0) is 0 Å². The highest BCUT2D eigenvalue weighted by Gasteiger charge is 2.10. The van der Waals surface area contributed by atoms with Crippen molar-refractivity contribution in [2.24, 2.45) is 10.7 Å². The van der Waals surface area contributed by atoms with Gasteiger partial charge in [-0.05, 0) is 53.4 Å². The van der Waals surface area contributed by atoms with Gasteiger partial charge in [0.2, 0.25) is 0 Å². The van der Waals surface area contributed by atoms with Gasteiger partial charge in [0.15, 0.2) is 5.96 Å². The van der Waals surface area contributed by atoms with Gasteiger partial charge in [0.05, 0.1) is 0 Å². The molecule has 0 aromatic heterocycles. The minimum absolute atomic E-state index is 0.356. The quantitative estimate of drug-likeness (QED) is 0.422. The molecule has 106 valence electrons. The molecule has 0 aromatic carbocycles. The zero-order valence-electron chi connectivity index (χ0n) is 12.2. The highest BCUT2D eigenvalue weighted by atomic mass is 15.2. The number of hydrogen-bond acceptors (Lipinski definition) is 3. The van der Waals surface area contributed by atoms with Crippen molar-refractivity contribution in [1.29, 1.82) is 0 Å². The van der Waals surface area contributed by atoms with Crippen molar-refractivity contribution < 1.29 is 0 Å². The van der Waals surface area contributed by atoms with Gasteiger partial charge in [-0.1, -0.05) is 0 Å². The maximum atomic E-state index is 5.76. The summed E-state index contributed by atoms with van der Waals surface area (Å²) in [6.45, 7) is 10.9. The number of likely N-dealkylation sites (N-methyl/N-ethyl adjacent to an activating group) is 1. The molecule has 5 nitrogen and oxygen atoms in total. The zero-order chi connectivity index (χ0) is 13.4. The van der Waals surface area contributed by atoms with E-state index in [1.807, 2.05) is 0 Å². The molecule has 0 aliphatic carbocycles. The van der Waals surface area contributed by atoms with Gasteiger partial charge in [0.1, 0.15) is 0 Å². The Bertz CT molecular complexity index is 252. The summed E-state index contributed by atoms with van der Waals surface area (Å²) in [5.41, 5.74) is 5.76. The first-order valence-electron chi connectivity index (χ1n) is 7.05. The average Bonchev–Trinajstić information content (AvgIpc) is 2.49. The van der Waals surface area contributed by atoms with Gasteiger partial charge in [-0.3, -0.25) is 4.99 Å². The third kappa shape index (κ3) is 6.81. The minimum Gasteiger partial charge on any atom is -0.370 e. The number of nitrogens with zero attached hydrogens (tertiary/aromatic N) is 3. The standard InChI is InChI=1S/C13H29N5/c1-12(2)16-13(14)15-6-4-8-18-9-5-7-17(3)10-11-18/h12H,4-11H2,1-3H3,(H3,14,15,16). The molecule has 18 heavy (non-hydrogen) atoms. The molecule has 0 atom stereocenters. The molecule has 1 saturated heterocycles. The second-order valence-corrected chi connectivity index (χ2v) is 5.42. The molecule has 0 spiro atoms. The van der Waals surface area contributed by atoms with Crippen molar-refractivity contribution in [3.63, 3.8) is 0 Å². The summed E-state index contributed by atoms with van der Waals surface area (Å²) >= 11 is 0. The van der Waals surface area contributed by atoms with Crippen LogP contribution < -0.4 is 11.1 Å². The fourth-order valence-corrected chi connectivity index (χ4v) is 2.16.